The molecule has 2 rings (SSSR count). The fourth-order valence-electron chi connectivity index (χ4n) is 0.876. The second kappa shape index (κ2) is 2.87. The Morgan fingerprint density at radius 1 is 1.55 bits per heavy atom. The molecule has 0 saturated carbocycles. The third-order valence-electron chi connectivity index (χ3n) is 1.36. The van der Waals surface area contributed by atoms with E-state index in [1.54, 1.807) is 24.2 Å². The van der Waals surface area contributed by atoms with E-state index in [0.29, 0.717) is 5.75 Å². The van der Waals surface area contributed by atoms with E-state index >= 15 is 0 Å². The van der Waals surface area contributed by atoms with Crippen LogP contribution in [-0.2, 0) is 4.79 Å². The van der Waals surface area contributed by atoms with Crippen molar-refractivity contribution >= 4 is 35.5 Å². The summed E-state index contributed by atoms with van der Waals surface area (Å²) in [6.45, 7) is 0. The molecule has 0 radical (unpaired) electrons. The Labute approximate surface area is 72.8 Å². The van der Waals surface area contributed by atoms with E-state index < -0.39 is 0 Å². The summed E-state index contributed by atoms with van der Waals surface area (Å²) in [5.41, 5.74) is 0. The molecule has 11 heavy (non-hydrogen) atoms. The fourth-order valence-corrected chi connectivity index (χ4v) is 2.74. The van der Waals surface area contributed by atoms with Gasteiger partial charge in [-0.1, -0.05) is 11.8 Å². The van der Waals surface area contributed by atoms with Crippen LogP contribution in [-0.4, -0.2) is 17.8 Å². The van der Waals surface area contributed by atoms with Crippen molar-refractivity contribution in [2.45, 2.75) is 0 Å². The number of thioether (sulfide) groups is 2. The largest absolute Gasteiger partial charge is 0.293 e. The van der Waals surface area contributed by atoms with E-state index in [1.807, 2.05) is 5.41 Å². The minimum absolute atomic E-state index is 0.230. The topological polar surface area (TPSA) is 29.4 Å². The van der Waals surface area contributed by atoms with Gasteiger partial charge in [0, 0.05) is 17.3 Å². The van der Waals surface area contributed by atoms with E-state index in [2.05, 4.69) is 4.99 Å². The number of carbonyl (C=O) groups is 1. The van der Waals surface area contributed by atoms with Gasteiger partial charge in [0.1, 0.15) is 0 Å². The quantitative estimate of drug-likeness (QED) is 0.573. The van der Waals surface area contributed by atoms with Gasteiger partial charge in [-0.15, -0.1) is 11.8 Å². The van der Waals surface area contributed by atoms with Crippen LogP contribution in [0.5, 0.6) is 0 Å². The van der Waals surface area contributed by atoms with Gasteiger partial charge in [0.25, 0.3) is 0 Å². The molecule has 2 aliphatic heterocycles. The Bertz CT molecular complexity index is 291. The molecule has 0 aromatic heterocycles. The average molecular weight is 183 g/mol. The molecule has 0 bridgehead atoms. The number of nitrogens with zero attached hydrogens (tertiary/aromatic N) is 1. The summed E-state index contributed by atoms with van der Waals surface area (Å²) in [5, 5.41) is 1.84. The third kappa shape index (κ3) is 1.28. The van der Waals surface area contributed by atoms with E-state index in [-0.39, 0.29) is 5.78 Å². The molecule has 2 nitrogen and oxygen atoms in total. The van der Waals surface area contributed by atoms with Crippen molar-refractivity contribution in [2.24, 2.45) is 4.99 Å². The Kier molecular flexibility index (Phi) is 1.87. The lowest BCUT2D eigenvalue weighted by Crippen LogP contribution is -1.95. The summed E-state index contributed by atoms with van der Waals surface area (Å²) in [4.78, 5) is 17.0. The summed E-state index contributed by atoms with van der Waals surface area (Å²) < 4.78 is 0. The maximum absolute atomic E-state index is 11.2. The molecule has 56 valence electrons. The smallest absolute Gasteiger partial charge is 0.180 e. The summed E-state index contributed by atoms with van der Waals surface area (Å²) in [5.74, 6) is 0.811. The Hall–Kier alpha value is -0.480. The monoisotopic (exact) mass is 183 g/mol. The molecule has 2 aliphatic rings. The van der Waals surface area contributed by atoms with Gasteiger partial charge in [-0.3, -0.25) is 9.79 Å². The molecule has 0 atom stereocenters. The molecule has 4 heteroatoms. The Morgan fingerprint density at radius 2 is 2.45 bits per heavy atom. The first-order chi connectivity index (χ1) is 5.38. The SMILES string of the molecule is O=C1CSC2=C1SC=CN=C2. The number of allylic oxidation sites excluding steroid dienone is 2. The van der Waals surface area contributed by atoms with Gasteiger partial charge in [0.15, 0.2) is 5.78 Å². The second-order valence-corrected chi connectivity index (χ2v) is 4.02. The van der Waals surface area contributed by atoms with Crippen LogP contribution < -0.4 is 0 Å². The van der Waals surface area contributed by atoms with Crippen LogP contribution in [0.4, 0.5) is 0 Å². The molecule has 0 aromatic rings. The highest BCUT2D eigenvalue weighted by Gasteiger charge is 2.22. The molecular weight excluding hydrogens is 178 g/mol. The van der Waals surface area contributed by atoms with Crippen molar-refractivity contribution in [2.75, 3.05) is 5.75 Å². The van der Waals surface area contributed by atoms with Crippen molar-refractivity contribution in [1.82, 2.24) is 0 Å². The predicted octanol–water partition coefficient (Wildman–Crippen LogP) is 1.80. The zero-order valence-electron chi connectivity index (χ0n) is 5.61. The van der Waals surface area contributed by atoms with Crippen LogP contribution in [0.1, 0.15) is 0 Å². The van der Waals surface area contributed by atoms with Crippen molar-refractivity contribution in [3.63, 3.8) is 0 Å². The fraction of sp³-hybridized carbons (Fsp3) is 0.143. The van der Waals surface area contributed by atoms with Crippen LogP contribution in [0.3, 0.4) is 0 Å². The molecular formula is C7H5NOS2. The molecule has 0 saturated heterocycles. The van der Waals surface area contributed by atoms with E-state index in [0.717, 1.165) is 9.81 Å². The highest BCUT2D eigenvalue weighted by molar-refractivity contribution is 8.11. The number of rotatable bonds is 0. The summed E-state index contributed by atoms with van der Waals surface area (Å²) >= 11 is 3.03. The molecule has 0 N–H and O–H groups in total. The summed E-state index contributed by atoms with van der Waals surface area (Å²) in [6, 6.07) is 0. The third-order valence-corrected chi connectivity index (χ3v) is 3.46. The summed E-state index contributed by atoms with van der Waals surface area (Å²) in [7, 11) is 0. The van der Waals surface area contributed by atoms with Gasteiger partial charge < -0.3 is 0 Å². The molecule has 0 fully saturated rings. The first kappa shape index (κ1) is 7.18. The van der Waals surface area contributed by atoms with Crippen LogP contribution >= 0.6 is 23.5 Å². The number of carbonyl (C=O) groups excluding carboxylic acids is 1. The standard InChI is InChI=1S/C7H5NOS2/c9-5-4-11-6-3-8-1-2-10-7(5)6/h1-3H,4H2. The molecule has 0 aromatic carbocycles. The van der Waals surface area contributed by atoms with Crippen molar-refractivity contribution < 1.29 is 4.79 Å². The Morgan fingerprint density at radius 3 is 3.36 bits per heavy atom. The molecule has 2 heterocycles. The molecule has 0 amide bonds. The first-order valence-corrected chi connectivity index (χ1v) is 4.99. The molecule has 0 aliphatic carbocycles. The second-order valence-electron chi connectivity index (χ2n) is 2.09. The number of Topliss-reactive ketones (excluding diaryl/α,β-unsaturated/α-hetero) is 1. The normalized spacial score (nSPS) is 22.4. The van der Waals surface area contributed by atoms with Gasteiger partial charge >= 0.3 is 0 Å². The lowest BCUT2D eigenvalue weighted by molar-refractivity contribution is -0.112. The first-order valence-electron chi connectivity index (χ1n) is 3.13. The average Bonchev–Trinajstić information content (AvgIpc) is 2.25. The van der Waals surface area contributed by atoms with Crippen LogP contribution in [0.25, 0.3) is 0 Å². The zero-order valence-corrected chi connectivity index (χ0v) is 7.24. The molecule has 0 spiro atoms. The highest BCUT2D eigenvalue weighted by Crippen LogP contribution is 2.36. The lowest BCUT2D eigenvalue weighted by atomic mass is 10.4. The maximum atomic E-state index is 11.2. The van der Waals surface area contributed by atoms with Gasteiger partial charge in [-0.05, 0) is 5.41 Å². The summed E-state index contributed by atoms with van der Waals surface area (Å²) in [6.07, 6.45) is 3.46. The van der Waals surface area contributed by atoms with Crippen molar-refractivity contribution in [3.05, 3.63) is 21.4 Å². The number of aliphatic imine (C=N–C) groups is 1. The number of ketones is 1. The zero-order chi connectivity index (χ0) is 7.68. The lowest BCUT2D eigenvalue weighted by Gasteiger charge is -1.91. The Balaban J connectivity index is 2.39. The van der Waals surface area contributed by atoms with Gasteiger partial charge in [-0.25, -0.2) is 0 Å². The van der Waals surface area contributed by atoms with Crippen LogP contribution in [0.2, 0.25) is 0 Å². The number of hydrogen-bond donors (Lipinski definition) is 0. The van der Waals surface area contributed by atoms with E-state index in [9.17, 15) is 4.79 Å². The van der Waals surface area contributed by atoms with E-state index in [4.69, 9.17) is 0 Å². The van der Waals surface area contributed by atoms with Gasteiger partial charge in [0.05, 0.1) is 10.7 Å². The van der Waals surface area contributed by atoms with Crippen LogP contribution in [0.15, 0.2) is 26.4 Å². The van der Waals surface area contributed by atoms with Gasteiger partial charge in [-0.2, -0.15) is 0 Å². The highest BCUT2D eigenvalue weighted by atomic mass is 32.2. The van der Waals surface area contributed by atoms with Crippen molar-refractivity contribution in [1.29, 1.82) is 0 Å². The predicted molar refractivity (Wildman–Crippen MR) is 49.7 cm³/mol. The maximum Gasteiger partial charge on any atom is 0.180 e. The van der Waals surface area contributed by atoms with E-state index in [1.165, 1.54) is 11.8 Å². The minimum Gasteiger partial charge on any atom is -0.293 e. The van der Waals surface area contributed by atoms with Gasteiger partial charge in [0.2, 0.25) is 0 Å². The van der Waals surface area contributed by atoms with Crippen LogP contribution in [0, 0.1) is 0 Å². The molecule has 0 unspecified atom stereocenters. The minimum atomic E-state index is 0.230. The van der Waals surface area contributed by atoms with Crippen molar-refractivity contribution in [3.8, 4) is 0 Å². The number of hydrogen-bond acceptors (Lipinski definition) is 4.